The number of hydrogen-bond acceptors (Lipinski definition) is 0. The van der Waals surface area contributed by atoms with Crippen LogP contribution in [0.15, 0.2) is 34.4 Å². The van der Waals surface area contributed by atoms with Crippen molar-refractivity contribution in [3.05, 3.63) is 61.4 Å². The number of rotatable bonds is 0. The summed E-state index contributed by atoms with van der Waals surface area (Å²) in [6.07, 6.45) is 11.0. The molecule has 0 saturated heterocycles. The van der Waals surface area contributed by atoms with Crippen LogP contribution in [0.5, 0.6) is 0 Å². The van der Waals surface area contributed by atoms with E-state index in [1.165, 1.54) is 22.3 Å². The van der Waals surface area contributed by atoms with Crippen LogP contribution in [0.3, 0.4) is 0 Å². The van der Waals surface area contributed by atoms with E-state index < -0.39 is 0 Å². The van der Waals surface area contributed by atoms with Gasteiger partial charge in [0, 0.05) is 0 Å². The molecule has 2 aliphatic rings. The van der Waals surface area contributed by atoms with Crippen molar-refractivity contribution in [1.29, 1.82) is 0 Å². The molecule has 0 aromatic heterocycles. The Hall–Kier alpha value is 0.471. The normalized spacial score (nSPS) is 20.2. The van der Waals surface area contributed by atoms with Crippen LogP contribution in [0.4, 0.5) is 0 Å². The molecule has 0 radical (unpaired) electrons. The van der Waals surface area contributed by atoms with Crippen LogP contribution in [-0.4, -0.2) is 7.63 Å². The summed E-state index contributed by atoms with van der Waals surface area (Å²) >= 11 is 2.03. The van der Waals surface area contributed by atoms with E-state index >= 15 is 0 Å². The first-order chi connectivity index (χ1) is 8.40. The predicted octanol–water partition coefficient (Wildman–Crippen LogP) is 5.49. The Morgan fingerprint density at radius 1 is 0.773 bits per heavy atom. The summed E-state index contributed by atoms with van der Waals surface area (Å²) in [6, 6.07) is 0. The average Bonchev–Trinajstić information content (AvgIpc) is 2.74. The average molecular weight is 395 g/mol. The van der Waals surface area contributed by atoms with Crippen LogP contribution in [-0.2, 0) is 19.2 Å². The van der Waals surface area contributed by atoms with Crippen LogP contribution in [0.2, 0.25) is 0 Å². The second kappa shape index (κ2) is 17.8. The van der Waals surface area contributed by atoms with Crippen molar-refractivity contribution >= 4 is 32.4 Å². The Labute approximate surface area is 165 Å². The van der Waals surface area contributed by atoms with E-state index in [2.05, 4.69) is 65.8 Å². The van der Waals surface area contributed by atoms with Crippen LogP contribution in [0.25, 0.3) is 0 Å². The Bertz CT molecular complexity index is 371. The van der Waals surface area contributed by atoms with Gasteiger partial charge in [-0.2, -0.15) is 11.1 Å². The minimum absolute atomic E-state index is 0. The Balaban J connectivity index is -0.0000000676. The predicted molar refractivity (Wildman–Crippen MR) is 107 cm³/mol. The van der Waals surface area contributed by atoms with Gasteiger partial charge >= 0.3 is 26.8 Å². The van der Waals surface area contributed by atoms with Gasteiger partial charge < -0.3 is 14.9 Å². The van der Waals surface area contributed by atoms with E-state index in [4.69, 9.17) is 0 Å². The van der Waals surface area contributed by atoms with E-state index in [-0.39, 0.29) is 39.7 Å². The van der Waals surface area contributed by atoms with Gasteiger partial charge in [0.2, 0.25) is 0 Å². The summed E-state index contributed by atoms with van der Waals surface area (Å²) in [7, 11) is 1.86. The Morgan fingerprint density at radius 3 is 1.05 bits per heavy atom. The molecule has 0 bridgehead atoms. The van der Waals surface area contributed by atoms with Crippen molar-refractivity contribution in [2.75, 3.05) is 0 Å². The van der Waals surface area contributed by atoms with E-state index in [0.29, 0.717) is 11.8 Å². The van der Waals surface area contributed by atoms with Gasteiger partial charge in [-0.1, -0.05) is 53.4 Å². The van der Waals surface area contributed by atoms with Crippen LogP contribution in [0.1, 0.15) is 41.5 Å². The molecule has 0 fully saturated rings. The summed E-state index contributed by atoms with van der Waals surface area (Å²) < 4.78 is 0. The number of allylic oxidation sites excluding steroid dienone is 8. The topological polar surface area (TPSA) is 0 Å². The fraction of sp³-hybridized carbons (Fsp3) is 0.444. The summed E-state index contributed by atoms with van der Waals surface area (Å²) in [6.45, 7) is 12.8. The maximum atomic E-state index is 3.29. The van der Waals surface area contributed by atoms with Crippen molar-refractivity contribution in [3.8, 4) is 0 Å². The number of hydrogen-bond donors (Lipinski definition) is 0. The van der Waals surface area contributed by atoms with Gasteiger partial charge in [-0.15, -0.1) is 24.8 Å². The summed E-state index contributed by atoms with van der Waals surface area (Å²) in [5, 5.41) is 0. The van der Waals surface area contributed by atoms with Crippen molar-refractivity contribution in [2.24, 2.45) is 11.8 Å². The Morgan fingerprint density at radius 2 is 1.00 bits per heavy atom. The molecule has 0 nitrogen and oxygen atoms in total. The fourth-order valence-corrected chi connectivity index (χ4v) is 1.93. The molecule has 0 aromatic carbocycles. The fourth-order valence-electron chi connectivity index (χ4n) is 1.93. The minimum atomic E-state index is 0. The standard InChI is InChI=1S/2C8H11.2CH3.2ClH.H2Si.Ti/c2*1-6-4-7(2)8(3)5-6;;;;;;/h2*4,8H,1-3H3;2*1H3;2*1H;1H2;/q4*-1;;;;. The van der Waals surface area contributed by atoms with Gasteiger partial charge in [-0.25, -0.2) is 23.3 Å². The van der Waals surface area contributed by atoms with Crippen LogP contribution >= 0.6 is 24.8 Å². The van der Waals surface area contributed by atoms with Crippen molar-refractivity contribution < 1.29 is 19.2 Å². The molecule has 0 amide bonds. The molecular weight excluding hydrogens is 363 g/mol. The molecule has 2 unspecified atom stereocenters. The first-order valence-corrected chi connectivity index (χ1v) is 10.3. The van der Waals surface area contributed by atoms with Gasteiger partial charge in [0.15, 0.2) is 0 Å². The van der Waals surface area contributed by atoms with Crippen molar-refractivity contribution in [1.82, 2.24) is 0 Å². The molecule has 2 rings (SSSR count). The second-order valence-corrected chi connectivity index (χ2v) is 4.87. The molecular formula is C18H32Cl2SiTi-4. The molecule has 4 heteroatoms. The van der Waals surface area contributed by atoms with E-state index in [9.17, 15) is 0 Å². The van der Waals surface area contributed by atoms with Gasteiger partial charge in [0.1, 0.15) is 0 Å². The zero-order valence-electron chi connectivity index (χ0n) is 15.3. The SMILES string of the molecule is CC1=[C-]C(C)C(C)=C1.CC1=[C-]C(C)C(C)=C1.Cl.Cl.[CH3-].[CH3-].[SiH2]=[Ti]. The van der Waals surface area contributed by atoms with E-state index in [1.54, 1.807) is 0 Å². The molecule has 0 aliphatic heterocycles. The van der Waals surface area contributed by atoms with Crippen molar-refractivity contribution in [2.45, 2.75) is 41.5 Å². The monoisotopic (exact) mass is 394 g/mol. The van der Waals surface area contributed by atoms with Crippen LogP contribution < -0.4 is 0 Å². The molecule has 2 aliphatic carbocycles. The third-order valence-corrected chi connectivity index (χ3v) is 3.14. The summed E-state index contributed by atoms with van der Waals surface area (Å²) in [5.41, 5.74) is 5.44. The second-order valence-electron chi connectivity index (χ2n) is 4.87. The quantitative estimate of drug-likeness (QED) is 0.376. The van der Waals surface area contributed by atoms with E-state index in [0.717, 1.165) is 0 Å². The summed E-state index contributed by atoms with van der Waals surface area (Å²) in [5.74, 6) is 1.13. The zero-order valence-corrected chi connectivity index (χ0v) is 19.9. The third-order valence-electron chi connectivity index (χ3n) is 3.14. The molecule has 0 aromatic rings. The maximum absolute atomic E-state index is 3.29. The van der Waals surface area contributed by atoms with Gasteiger partial charge in [0.05, 0.1) is 0 Å². The Kier molecular flexibility index (Phi) is 27.5. The van der Waals surface area contributed by atoms with Gasteiger partial charge in [0.25, 0.3) is 0 Å². The molecule has 22 heavy (non-hydrogen) atoms. The van der Waals surface area contributed by atoms with Gasteiger partial charge in [-0.05, 0) is 0 Å². The van der Waals surface area contributed by atoms with Crippen molar-refractivity contribution in [3.63, 3.8) is 0 Å². The molecule has 0 spiro atoms. The molecule has 0 saturated carbocycles. The number of halogens is 2. The first-order valence-electron chi connectivity index (χ1n) is 6.32. The molecule has 0 heterocycles. The third kappa shape index (κ3) is 13.0. The van der Waals surface area contributed by atoms with Gasteiger partial charge in [-0.3, -0.25) is 12.2 Å². The first kappa shape index (κ1) is 33.9. The molecule has 130 valence electrons. The summed E-state index contributed by atoms with van der Waals surface area (Å²) in [4.78, 5) is 0. The van der Waals surface area contributed by atoms with Crippen LogP contribution in [0, 0.1) is 38.8 Å². The molecule has 2 atom stereocenters. The molecule has 0 N–H and O–H groups in total. The van der Waals surface area contributed by atoms with E-state index in [1.807, 2.05) is 26.8 Å². The zero-order chi connectivity index (χ0) is 14.3.